The van der Waals surface area contributed by atoms with Gasteiger partial charge in [0.1, 0.15) is 0 Å². The monoisotopic (exact) mass is 238 g/mol. The van der Waals surface area contributed by atoms with Crippen LogP contribution in [0.1, 0.15) is 58.8 Å². The molecule has 100 valence electrons. The summed E-state index contributed by atoms with van der Waals surface area (Å²) in [7, 11) is 2.32. The first-order valence-corrected chi connectivity index (χ1v) is 7.52. The van der Waals surface area contributed by atoms with Gasteiger partial charge < -0.3 is 10.2 Å². The molecule has 1 heterocycles. The normalized spacial score (nSPS) is 30.0. The van der Waals surface area contributed by atoms with Crippen LogP contribution in [-0.2, 0) is 0 Å². The number of nitrogens with zero attached hydrogens (tertiary/aromatic N) is 1. The zero-order chi connectivity index (χ0) is 12.3. The van der Waals surface area contributed by atoms with Crippen LogP contribution in [0, 0.1) is 5.92 Å². The molecule has 1 aliphatic carbocycles. The van der Waals surface area contributed by atoms with Crippen LogP contribution in [0.2, 0.25) is 0 Å². The minimum absolute atomic E-state index is 0.351. The second kappa shape index (κ2) is 5.71. The first-order chi connectivity index (χ1) is 8.07. The van der Waals surface area contributed by atoms with Gasteiger partial charge in [0, 0.05) is 18.1 Å². The van der Waals surface area contributed by atoms with Crippen molar-refractivity contribution in [2.24, 2.45) is 5.92 Å². The predicted octanol–water partition coefficient (Wildman–Crippen LogP) is 3.03. The summed E-state index contributed by atoms with van der Waals surface area (Å²) in [4.78, 5) is 2.59. The van der Waals surface area contributed by atoms with E-state index in [1.165, 1.54) is 58.0 Å². The lowest BCUT2D eigenvalue weighted by atomic mass is 9.87. The van der Waals surface area contributed by atoms with Crippen molar-refractivity contribution in [3.8, 4) is 0 Å². The van der Waals surface area contributed by atoms with Crippen molar-refractivity contribution in [2.75, 3.05) is 20.1 Å². The zero-order valence-electron chi connectivity index (χ0n) is 12.0. The third kappa shape index (κ3) is 3.96. The Labute approximate surface area is 107 Å². The Morgan fingerprint density at radius 1 is 1.18 bits per heavy atom. The van der Waals surface area contributed by atoms with E-state index in [1.807, 2.05) is 0 Å². The molecule has 2 nitrogen and oxygen atoms in total. The van der Waals surface area contributed by atoms with Crippen LogP contribution in [0.25, 0.3) is 0 Å². The van der Waals surface area contributed by atoms with Crippen LogP contribution in [0.3, 0.4) is 0 Å². The highest BCUT2D eigenvalue weighted by Crippen LogP contribution is 2.27. The Morgan fingerprint density at radius 2 is 1.88 bits per heavy atom. The van der Waals surface area contributed by atoms with Crippen molar-refractivity contribution in [2.45, 2.75) is 70.4 Å². The van der Waals surface area contributed by atoms with Crippen LogP contribution < -0.4 is 5.32 Å². The van der Waals surface area contributed by atoms with Crippen molar-refractivity contribution in [1.82, 2.24) is 10.2 Å². The Morgan fingerprint density at radius 3 is 2.47 bits per heavy atom. The van der Waals surface area contributed by atoms with E-state index >= 15 is 0 Å². The Kier molecular flexibility index (Phi) is 4.48. The fraction of sp³-hybridized carbons (Fsp3) is 1.00. The van der Waals surface area contributed by atoms with Gasteiger partial charge in [0.2, 0.25) is 0 Å². The van der Waals surface area contributed by atoms with Crippen molar-refractivity contribution in [3.05, 3.63) is 0 Å². The molecule has 0 aromatic rings. The van der Waals surface area contributed by atoms with E-state index in [2.05, 4.69) is 31.1 Å². The van der Waals surface area contributed by atoms with Gasteiger partial charge in [0.15, 0.2) is 0 Å². The van der Waals surface area contributed by atoms with Crippen LogP contribution in [-0.4, -0.2) is 36.6 Å². The summed E-state index contributed by atoms with van der Waals surface area (Å²) in [5, 5.41) is 3.62. The standard InChI is InChI=1S/C15H30N2/c1-15(2)11-14(12-16-15)17(3)10-9-13-7-5-4-6-8-13/h13-14,16H,4-12H2,1-3H3. The molecule has 0 amide bonds. The highest BCUT2D eigenvalue weighted by atomic mass is 15.2. The van der Waals surface area contributed by atoms with E-state index in [-0.39, 0.29) is 0 Å². The second-order valence-electron chi connectivity index (χ2n) is 6.90. The first kappa shape index (κ1) is 13.4. The largest absolute Gasteiger partial charge is 0.310 e. The molecule has 1 N–H and O–H groups in total. The lowest BCUT2D eigenvalue weighted by Gasteiger charge is -2.28. The van der Waals surface area contributed by atoms with Crippen LogP contribution in [0.5, 0.6) is 0 Å². The van der Waals surface area contributed by atoms with Gasteiger partial charge in [-0.15, -0.1) is 0 Å². The van der Waals surface area contributed by atoms with Gasteiger partial charge in [-0.2, -0.15) is 0 Å². The van der Waals surface area contributed by atoms with E-state index < -0.39 is 0 Å². The lowest BCUT2D eigenvalue weighted by molar-refractivity contribution is 0.215. The molecule has 1 aliphatic heterocycles. The molecule has 0 radical (unpaired) electrons. The summed E-state index contributed by atoms with van der Waals surface area (Å²) in [6.45, 7) is 7.12. The van der Waals surface area contributed by atoms with Crippen LogP contribution in [0.15, 0.2) is 0 Å². The van der Waals surface area contributed by atoms with Crippen molar-refractivity contribution >= 4 is 0 Å². The highest BCUT2D eigenvalue weighted by molar-refractivity contribution is 4.93. The molecule has 2 heteroatoms. The van der Waals surface area contributed by atoms with Crippen LogP contribution >= 0.6 is 0 Å². The Hall–Kier alpha value is -0.0800. The molecule has 17 heavy (non-hydrogen) atoms. The van der Waals surface area contributed by atoms with Gasteiger partial charge in [0.25, 0.3) is 0 Å². The van der Waals surface area contributed by atoms with Crippen molar-refractivity contribution in [1.29, 1.82) is 0 Å². The minimum Gasteiger partial charge on any atom is -0.310 e. The SMILES string of the molecule is CN(CCC1CCCCC1)C1CNC(C)(C)C1. The fourth-order valence-electron chi connectivity index (χ4n) is 3.48. The maximum Gasteiger partial charge on any atom is 0.0235 e. The minimum atomic E-state index is 0.351. The molecule has 2 aliphatic rings. The zero-order valence-corrected chi connectivity index (χ0v) is 12.0. The van der Waals surface area contributed by atoms with Gasteiger partial charge >= 0.3 is 0 Å². The number of likely N-dealkylation sites (N-methyl/N-ethyl adjacent to an activating group) is 1. The number of hydrogen-bond acceptors (Lipinski definition) is 2. The predicted molar refractivity (Wildman–Crippen MR) is 74.3 cm³/mol. The molecule has 2 fully saturated rings. The summed E-state index contributed by atoms with van der Waals surface area (Å²) in [5.74, 6) is 1.02. The molecule has 1 atom stereocenters. The van der Waals surface area contributed by atoms with Crippen LogP contribution in [0.4, 0.5) is 0 Å². The van der Waals surface area contributed by atoms with Gasteiger partial charge in [-0.3, -0.25) is 0 Å². The third-order valence-electron chi connectivity index (χ3n) is 4.80. The summed E-state index contributed by atoms with van der Waals surface area (Å²) in [6.07, 6.45) is 10.1. The average molecular weight is 238 g/mol. The third-order valence-corrected chi connectivity index (χ3v) is 4.80. The van der Waals surface area contributed by atoms with Crippen molar-refractivity contribution in [3.63, 3.8) is 0 Å². The van der Waals surface area contributed by atoms with Gasteiger partial charge in [-0.05, 0) is 46.2 Å². The van der Waals surface area contributed by atoms with E-state index in [9.17, 15) is 0 Å². The summed E-state index contributed by atoms with van der Waals surface area (Å²) < 4.78 is 0. The molecule has 1 saturated heterocycles. The van der Waals surface area contributed by atoms with E-state index in [4.69, 9.17) is 0 Å². The second-order valence-corrected chi connectivity index (χ2v) is 6.90. The number of nitrogens with one attached hydrogen (secondary N) is 1. The molecule has 0 aromatic heterocycles. The fourth-order valence-corrected chi connectivity index (χ4v) is 3.48. The molecule has 1 saturated carbocycles. The molecule has 0 aromatic carbocycles. The molecular formula is C15H30N2. The van der Waals surface area contributed by atoms with Crippen molar-refractivity contribution < 1.29 is 0 Å². The number of hydrogen-bond donors (Lipinski definition) is 1. The number of rotatable bonds is 4. The van der Waals surface area contributed by atoms with E-state index in [0.717, 1.165) is 12.0 Å². The topological polar surface area (TPSA) is 15.3 Å². The quantitative estimate of drug-likeness (QED) is 0.810. The summed E-state index contributed by atoms with van der Waals surface area (Å²) in [5.41, 5.74) is 0.351. The van der Waals surface area contributed by atoms with Gasteiger partial charge in [-0.1, -0.05) is 32.1 Å². The molecule has 1 unspecified atom stereocenters. The van der Waals surface area contributed by atoms with E-state index in [0.29, 0.717) is 5.54 Å². The smallest absolute Gasteiger partial charge is 0.0235 e. The van der Waals surface area contributed by atoms with Gasteiger partial charge in [0.05, 0.1) is 0 Å². The first-order valence-electron chi connectivity index (χ1n) is 7.52. The van der Waals surface area contributed by atoms with E-state index in [1.54, 1.807) is 0 Å². The highest BCUT2D eigenvalue weighted by Gasteiger charge is 2.32. The summed E-state index contributed by atoms with van der Waals surface area (Å²) >= 11 is 0. The molecule has 2 rings (SSSR count). The molecule has 0 bridgehead atoms. The molecular weight excluding hydrogens is 208 g/mol. The maximum atomic E-state index is 3.62. The lowest BCUT2D eigenvalue weighted by Crippen LogP contribution is -2.35. The Balaban J connectivity index is 1.68. The summed E-state index contributed by atoms with van der Waals surface area (Å²) in [6, 6.07) is 0.758. The Bertz CT molecular complexity index is 231. The van der Waals surface area contributed by atoms with Gasteiger partial charge in [-0.25, -0.2) is 0 Å². The molecule has 0 spiro atoms. The maximum absolute atomic E-state index is 3.62. The average Bonchev–Trinajstić information content (AvgIpc) is 2.68.